The number of nitrogens with zero attached hydrogens (tertiary/aromatic N) is 1. The second-order valence-corrected chi connectivity index (χ2v) is 3.32. The summed E-state index contributed by atoms with van der Waals surface area (Å²) in [4.78, 5) is 0. The van der Waals surface area contributed by atoms with Crippen LogP contribution in [0, 0.1) is 11.5 Å². The molecule has 0 spiro atoms. The molecule has 0 aromatic heterocycles. The number of benzene rings is 1. The molecule has 2 nitrogen and oxygen atoms in total. The molecule has 0 fully saturated rings. The monoisotopic (exact) mass is 225 g/mol. The van der Waals surface area contributed by atoms with Crippen molar-refractivity contribution in [1.82, 2.24) is 0 Å². The van der Waals surface area contributed by atoms with Gasteiger partial charge in [-0.25, -0.2) is 0 Å². The van der Waals surface area contributed by atoms with E-state index in [4.69, 9.17) is 10.00 Å². The Balaban J connectivity index is 2.76. The zero-order valence-electron chi connectivity index (χ0n) is 6.62. The van der Waals surface area contributed by atoms with Gasteiger partial charge in [0, 0.05) is 4.47 Å². The van der Waals surface area contributed by atoms with E-state index in [0.29, 0.717) is 0 Å². The van der Waals surface area contributed by atoms with Gasteiger partial charge in [-0.05, 0) is 24.6 Å². The smallest absolute Gasteiger partial charge is 0.286 e. The van der Waals surface area contributed by atoms with E-state index < -0.39 is 0 Å². The minimum Gasteiger partial charge on any atom is -0.420 e. The van der Waals surface area contributed by atoms with Crippen LogP contribution in [0.4, 0.5) is 0 Å². The Morgan fingerprint density at radius 2 is 2.00 bits per heavy atom. The number of halogens is 1. The summed E-state index contributed by atoms with van der Waals surface area (Å²) in [5, 5.41) is 8.27. The lowest BCUT2D eigenvalue weighted by Gasteiger charge is -2.07. The molecule has 1 rings (SSSR count). The molecule has 0 saturated carbocycles. The first kappa shape index (κ1) is 9.08. The van der Waals surface area contributed by atoms with Crippen LogP contribution in [-0.2, 0) is 4.74 Å². The molecule has 1 aromatic rings. The molecule has 0 N–H and O–H groups in total. The van der Waals surface area contributed by atoms with Gasteiger partial charge in [-0.15, -0.1) is 0 Å². The molecule has 0 unspecified atom stereocenters. The second-order valence-electron chi connectivity index (χ2n) is 2.40. The molecule has 0 aliphatic rings. The SMILES string of the molecule is C[C@H](OC#N)c1ccc(Br)cc1. The highest BCUT2D eigenvalue weighted by Crippen LogP contribution is 2.18. The number of rotatable bonds is 2. The average Bonchev–Trinajstić information content (AvgIpc) is 2.06. The minimum atomic E-state index is -0.164. The molecule has 62 valence electrons. The van der Waals surface area contributed by atoms with Crippen LogP contribution in [0.1, 0.15) is 18.6 Å². The molecule has 1 aromatic carbocycles. The van der Waals surface area contributed by atoms with Crippen molar-refractivity contribution >= 4 is 15.9 Å². The third-order valence-corrected chi connectivity index (χ3v) is 2.10. The molecule has 0 aliphatic carbocycles. The first-order valence-corrected chi connectivity index (χ1v) is 4.33. The van der Waals surface area contributed by atoms with E-state index in [-0.39, 0.29) is 6.10 Å². The summed E-state index contributed by atoms with van der Waals surface area (Å²) >= 11 is 3.33. The normalized spacial score (nSPS) is 11.8. The highest BCUT2D eigenvalue weighted by molar-refractivity contribution is 9.10. The topological polar surface area (TPSA) is 33.0 Å². The predicted molar refractivity (Wildman–Crippen MR) is 49.3 cm³/mol. The van der Waals surface area contributed by atoms with Gasteiger partial charge in [0.1, 0.15) is 6.10 Å². The van der Waals surface area contributed by atoms with Crippen LogP contribution in [0.2, 0.25) is 0 Å². The lowest BCUT2D eigenvalue weighted by molar-refractivity contribution is 0.182. The van der Waals surface area contributed by atoms with Gasteiger partial charge in [0.2, 0.25) is 0 Å². The van der Waals surface area contributed by atoms with Crippen LogP contribution in [0.25, 0.3) is 0 Å². The number of ether oxygens (including phenoxy) is 1. The van der Waals surface area contributed by atoms with E-state index in [1.165, 1.54) is 0 Å². The Morgan fingerprint density at radius 1 is 1.42 bits per heavy atom. The van der Waals surface area contributed by atoms with Gasteiger partial charge >= 0.3 is 0 Å². The van der Waals surface area contributed by atoms with Gasteiger partial charge in [0.15, 0.2) is 0 Å². The summed E-state index contributed by atoms with van der Waals surface area (Å²) in [6.45, 7) is 1.84. The van der Waals surface area contributed by atoms with Crippen molar-refractivity contribution in [2.45, 2.75) is 13.0 Å². The quantitative estimate of drug-likeness (QED) is 0.726. The molecule has 0 bridgehead atoms. The van der Waals surface area contributed by atoms with Crippen molar-refractivity contribution in [3.63, 3.8) is 0 Å². The summed E-state index contributed by atoms with van der Waals surface area (Å²) in [7, 11) is 0. The first-order chi connectivity index (χ1) is 5.74. The van der Waals surface area contributed by atoms with Gasteiger partial charge in [-0.3, -0.25) is 0 Å². The molecule has 12 heavy (non-hydrogen) atoms. The standard InChI is InChI=1S/C9H8BrNO/c1-7(12-6-11)8-2-4-9(10)5-3-8/h2-5,7H,1H3/t7-/m0/s1. The minimum absolute atomic E-state index is 0.164. The van der Waals surface area contributed by atoms with Gasteiger partial charge in [-0.2, -0.15) is 5.26 Å². The third kappa shape index (κ3) is 2.24. The van der Waals surface area contributed by atoms with Gasteiger partial charge in [0.25, 0.3) is 6.26 Å². The first-order valence-electron chi connectivity index (χ1n) is 3.54. The van der Waals surface area contributed by atoms with Gasteiger partial charge in [-0.1, -0.05) is 28.1 Å². The summed E-state index contributed by atoms with van der Waals surface area (Å²) in [6.07, 6.45) is 1.51. The maximum atomic E-state index is 8.27. The summed E-state index contributed by atoms with van der Waals surface area (Å²) < 4.78 is 5.78. The summed E-state index contributed by atoms with van der Waals surface area (Å²) in [5.41, 5.74) is 1.000. The van der Waals surface area contributed by atoms with Crippen molar-refractivity contribution in [3.05, 3.63) is 34.3 Å². The van der Waals surface area contributed by atoms with Crippen molar-refractivity contribution in [1.29, 1.82) is 5.26 Å². The van der Waals surface area contributed by atoms with Crippen molar-refractivity contribution in [3.8, 4) is 6.26 Å². The molecule has 0 radical (unpaired) electrons. The zero-order valence-corrected chi connectivity index (χ0v) is 8.21. The highest BCUT2D eigenvalue weighted by atomic mass is 79.9. The van der Waals surface area contributed by atoms with E-state index in [9.17, 15) is 0 Å². The second kappa shape index (κ2) is 4.13. The average molecular weight is 226 g/mol. The number of nitriles is 1. The molecule has 3 heteroatoms. The Labute approximate surface area is 79.9 Å². The number of hydrogen-bond donors (Lipinski definition) is 0. The van der Waals surface area contributed by atoms with E-state index >= 15 is 0 Å². The summed E-state index contributed by atoms with van der Waals surface area (Å²) in [6, 6.07) is 7.69. The molecule has 1 atom stereocenters. The van der Waals surface area contributed by atoms with E-state index in [1.54, 1.807) is 6.26 Å². The van der Waals surface area contributed by atoms with Crippen LogP contribution in [-0.4, -0.2) is 0 Å². The molecule has 0 saturated heterocycles. The van der Waals surface area contributed by atoms with E-state index in [1.807, 2.05) is 31.2 Å². The predicted octanol–water partition coefficient (Wildman–Crippen LogP) is 3.01. The van der Waals surface area contributed by atoms with Crippen LogP contribution in [0.5, 0.6) is 0 Å². The molecule has 0 heterocycles. The maximum absolute atomic E-state index is 8.27. The van der Waals surface area contributed by atoms with Crippen LogP contribution in [0.15, 0.2) is 28.7 Å². The van der Waals surface area contributed by atoms with Gasteiger partial charge < -0.3 is 4.74 Å². The Bertz CT molecular complexity index is 288. The van der Waals surface area contributed by atoms with Crippen LogP contribution < -0.4 is 0 Å². The molecule has 0 aliphatic heterocycles. The van der Waals surface area contributed by atoms with Crippen molar-refractivity contribution < 1.29 is 4.74 Å². The molecule has 0 amide bonds. The van der Waals surface area contributed by atoms with E-state index in [0.717, 1.165) is 10.0 Å². The Kier molecular flexibility index (Phi) is 3.12. The fourth-order valence-electron chi connectivity index (χ4n) is 0.881. The Hall–Kier alpha value is -1.01. The van der Waals surface area contributed by atoms with Crippen molar-refractivity contribution in [2.24, 2.45) is 0 Å². The van der Waals surface area contributed by atoms with E-state index in [2.05, 4.69) is 15.9 Å². The lowest BCUT2D eigenvalue weighted by Crippen LogP contribution is -1.94. The highest BCUT2D eigenvalue weighted by Gasteiger charge is 2.04. The molecular weight excluding hydrogens is 218 g/mol. The van der Waals surface area contributed by atoms with Gasteiger partial charge in [0.05, 0.1) is 0 Å². The summed E-state index contributed by atoms with van der Waals surface area (Å²) in [5.74, 6) is 0. The number of hydrogen-bond acceptors (Lipinski definition) is 2. The largest absolute Gasteiger partial charge is 0.420 e. The maximum Gasteiger partial charge on any atom is 0.286 e. The fraction of sp³-hybridized carbons (Fsp3) is 0.222. The Morgan fingerprint density at radius 3 is 2.50 bits per heavy atom. The fourth-order valence-corrected chi connectivity index (χ4v) is 1.15. The third-order valence-electron chi connectivity index (χ3n) is 1.57. The van der Waals surface area contributed by atoms with Crippen LogP contribution >= 0.6 is 15.9 Å². The van der Waals surface area contributed by atoms with Crippen LogP contribution in [0.3, 0.4) is 0 Å². The van der Waals surface area contributed by atoms with Crippen molar-refractivity contribution in [2.75, 3.05) is 0 Å². The zero-order chi connectivity index (χ0) is 8.97. The molecular formula is C9H8BrNO. The lowest BCUT2D eigenvalue weighted by atomic mass is 10.1.